The van der Waals surface area contributed by atoms with E-state index in [1.54, 1.807) is 0 Å². The van der Waals surface area contributed by atoms with Gasteiger partial charge >= 0.3 is 0 Å². The molecule has 2 heterocycles. The van der Waals surface area contributed by atoms with Crippen LogP contribution in [-0.2, 0) is 0 Å². The van der Waals surface area contributed by atoms with Crippen molar-refractivity contribution >= 4 is 41.3 Å². The van der Waals surface area contributed by atoms with Crippen LogP contribution in [0.2, 0.25) is 0 Å². The Morgan fingerprint density at radius 2 is 2.12 bits per heavy atom. The molecule has 4 nitrogen and oxygen atoms in total. The quantitative estimate of drug-likeness (QED) is 0.282. The van der Waals surface area contributed by atoms with Gasteiger partial charge in [-0.05, 0) is 69.0 Å². The minimum Gasteiger partial charge on any atom is -0.356 e. The summed E-state index contributed by atoms with van der Waals surface area (Å²) in [5.41, 5.74) is 0. The van der Waals surface area contributed by atoms with E-state index in [1.807, 2.05) is 18.4 Å². The third-order valence-corrected chi connectivity index (χ3v) is 6.48. The highest BCUT2D eigenvalue weighted by Crippen LogP contribution is 2.36. The lowest BCUT2D eigenvalue weighted by atomic mass is 9.88. The molecular formula is C20H33IN4S. The van der Waals surface area contributed by atoms with Gasteiger partial charge in [0.1, 0.15) is 0 Å². The van der Waals surface area contributed by atoms with Gasteiger partial charge in [0, 0.05) is 31.1 Å². The summed E-state index contributed by atoms with van der Waals surface area (Å²) in [6.45, 7) is 3.20. The number of rotatable bonds is 5. The molecule has 1 fully saturated rings. The van der Waals surface area contributed by atoms with Crippen molar-refractivity contribution < 1.29 is 0 Å². The van der Waals surface area contributed by atoms with Gasteiger partial charge in [-0.2, -0.15) is 0 Å². The summed E-state index contributed by atoms with van der Waals surface area (Å²) in [6.07, 6.45) is 10.9. The molecule has 3 atom stereocenters. The summed E-state index contributed by atoms with van der Waals surface area (Å²) in [4.78, 5) is 8.44. The zero-order valence-corrected chi connectivity index (χ0v) is 19.1. The van der Waals surface area contributed by atoms with Gasteiger partial charge in [-0.25, -0.2) is 0 Å². The minimum atomic E-state index is 0. The van der Waals surface area contributed by atoms with Crippen molar-refractivity contribution in [3.05, 3.63) is 34.5 Å². The average molecular weight is 488 g/mol. The lowest BCUT2D eigenvalue weighted by Crippen LogP contribution is -2.45. The molecule has 1 aromatic heterocycles. The van der Waals surface area contributed by atoms with Crippen LogP contribution < -0.4 is 10.6 Å². The highest BCUT2D eigenvalue weighted by molar-refractivity contribution is 14.0. The van der Waals surface area contributed by atoms with E-state index in [1.165, 1.54) is 43.5 Å². The predicted octanol–water partition coefficient (Wildman–Crippen LogP) is 4.27. The van der Waals surface area contributed by atoms with E-state index in [0.29, 0.717) is 12.0 Å². The molecule has 3 rings (SSSR count). The first-order valence-corrected chi connectivity index (χ1v) is 10.5. The van der Waals surface area contributed by atoms with Gasteiger partial charge in [0.05, 0.1) is 0 Å². The third kappa shape index (κ3) is 5.96. The monoisotopic (exact) mass is 488 g/mol. The maximum atomic E-state index is 4.43. The molecule has 1 saturated heterocycles. The first-order valence-electron chi connectivity index (χ1n) is 9.61. The van der Waals surface area contributed by atoms with E-state index in [-0.39, 0.29) is 24.0 Å². The highest BCUT2D eigenvalue weighted by Gasteiger charge is 2.31. The van der Waals surface area contributed by atoms with Gasteiger partial charge < -0.3 is 10.6 Å². The summed E-state index contributed by atoms with van der Waals surface area (Å²) < 4.78 is 0. The molecule has 0 radical (unpaired) electrons. The molecular weight excluding hydrogens is 455 g/mol. The normalized spacial score (nSPS) is 27.0. The number of halogens is 1. The number of hydrogen-bond acceptors (Lipinski definition) is 3. The smallest absolute Gasteiger partial charge is 0.190 e. The minimum absolute atomic E-state index is 0. The number of nitrogens with one attached hydrogen (secondary N) is 2. The number of nitrogens with zero attached hydrogens (tertiary/aromatic N) is 2. The van der Waals surface area contributed by atoms with Gasteiger partial charge in [0.2, 0.25) is 0 Å². The van der Waals surface area contributed by atoms with Gasteiger partial charge in [-0.1, -0.05) is 18.2 Å². The second-order valence-corrected chi connectivity index (χ2v) is 8.31. The summed E-state index contributed by atoms with van der Waals surface area (Å²) in [6, 6.07) is 4.99. The van der Waals surface area contributed by atoms with Gasteiger partial charge in [-0.3, -0.25) is 9.89 Å². The lowest BCUT2D eigenvalue weighted by Gasteiger charge is -2.39. The van der Waals surface area contributed by atoms with Crippen molar-refractivity contribution in [3.63, 3.8) is 0 Å². The maximum Gasteiger partial charge on any atom is 0.190 e. The van der Waals surface area contributed by atoms with Crippen LogP contribution in [-0.4, -0.2) is 44.6 Å². The number of piperidine rings is 1. The SMILES string of the molecule is CN=C(NCC1CC=CCC1)NCC1CCCN(C)C1c1cccs1.I. The van der Waals surface area contributed by atoms with E-state index < -0.39 is 0 Å². The van der Waals surface area contributed by atoms with Crippen LogP contribution in [0.5, 0.6) is 0 Å². The summed E-state index contributed by atoms with van der Waals surface area (Å²) in [5, 5.41) is 9.32. The van der Waals surface area contributed by atoms with Crippen molar-refractivity contribution in [2.75, 3.05) is 33.7 Å². The Morgan fingerprint density at radius 1 is 1.27 bits per heavy atom. The van der Waals surface area contributed by atoms with E-state index >= 15 is 0 Å². The highest BCUT2D eigenvalue weighted by atomic mass is 127. The Kier molecular flexibility index (Phi) is 9.42. The van der Waals surface area contributed by atoms with Crippen molar-refractivity contribution in [1.29, 1.82) is 0 Å². The molecule has 0 amide bonds. The van der Waals surface area contributed by atoms with Crippen LogP contribution in [0.4, 0.5) is 0 Å². The Bertz CT molecular complexity index is 572. The van der Waals surface area contributed by atoms with E-state index in [0.717, 1.165) is 25.0 Å². The van der Waals surface area contributed by atoms with Crippen molar-refractivity contribution in [3.8, 4) is 0 Å². The van der Waals surface area contributed by atoms with E-state index in [4.69, 9.17) is 0 Å². The molecule has 26 heavy (non-hydrogen) atoms. The van der Waals surface area contributed by atoms with E-state index in [9.17, 15) is 0 Å². The van der Waals surface area contributed by atoms with Crippen LogP contribution in [0, 0.1) is 11.8 Å². The largest absolute Gasteiger partial charge is 0.356 e. The molecule has 0 spiro atoms. The Morgan fingerprint density at radius 3 is 2.81 bits per heavy atom. The molecule has 1 aliphatic heterocycles. The lowest BCUT2D eigenvalue weighted by molar-refractivity contribution is 0.125. The molecule has 1 aliphatic carbocycles. The number of aliphatic imine (C=N–C) groups is 1. The number of guanidine groups is 1. The third-order valence-electron chi connectivity index (χ3n) is 5.53. The zero-order chi connectivity index (χ0) is 17.5. The van der Waals surface area contributed by atoms with Crippen LogP contribution >= 0.6 is 35.3 Å². The molecule has 6 heteroatoms. The molecule has 3 unspecified atom stereocenters. The summed E-state index contributed by atoms with van der Waals surface area (Å²) in [7, 11) is 4.14. The fourth-order valence-electron chi connectivity index (χ4n) is 4.11. The fraction of sp³-hybridized carbons (Fsp3) is 0.650. The molecule has 1 aromatic rings. The number of hydrogen-bond donors (Lipinski definition) is 2. The van der Waals surface area contributed by atoms with Crippen LogP contribution in [0.3, 0.4) is 0 Å². The van der Waals surface area contributed by atoms with Crippen molar-refractivity contribution in [2.24, 2.45) is 16.8 Å². The van der Waals surface area contributed by atoms with Gasteiger partial charge in [-0.15, -0.1) is 35.3 Å². The Labute approximate surface area is 179 Å². The van der Waals surface area contributed by atoms with Gasteiger partial charge in [0.25, 0.3) is 0 Å². The summed E-state index contributed by atoms with van der Waals surface area (Å²) >= 11 is 1.88. The first kappa shape index (κ1) is 21.7. The van der Waals surface area contributed by atoms with Crippen LogP contribution in [0.1, 0.15) is 43.0 Å². The van der Waals surface area contributed by atoms with Crippen molar-refractivity contribution in [2.45, 2.75) is 38.1 Å². The van der Waals surface area contributed by atoms with Crippen LogP contribution in [0.25, 0.3) is 0 Å². The number of thiophene rings is 1. The average Bonchev–Trinajstić information content (AvgIpc) is 3.17. The van der Waals surface area contributed by atoms with Crippen molar-refractivity contribution in [1.82, 2.24) is 15.5 Å². The summed E-state index contributed by atoms with van der Waals surface area (Å²) in [5.74, 6) is 2.32. The second kappa shape index (κ2) is 11.3. The molecule has 2 aliphatic rings. The van der Waals surface area contributed by atoms with Gasteiger partial charge in [0.15, 0.2) is 5.96 Å². The molecule has 0 bridgehead atoms. The first-order chi connectivity index (χ1) is 12.3. The fourth-order valence-corrected chi connectivity index (χ4v) is 5.10. The second-order valence-electron chi connectivity index (χ2n) is 7.33. The Hall–Kier alpha value is -0.600. The molecule has 2 N–H and O–H groups in total. The number of likely N-dealkylation sites (tertiary alicyclic amines) is 1. The van der Waals surface area contributed by atoms with Crippen LogP contribution in [0.15, 0.2) is 34.7 Å². The Balaban J connectivity index is 0.00000243. The predicted molar refractivity (Wildman–Crippen MR) is 124 cm³/mol. The molecule has 146 valence electrons. The molecule has 0 aromatic carbocycles. The standard InChI is InChI=1S/C20H32N4S.HI/c1-21-20(22-14-16-8-4-3-5-9-16)23-15-17-10-6-12-24(2)19(17)18-11-7-13-25-18;/h3-4,7,11,13,16-17,19H,5-6,8-10,12,14-15H2,1-2H3,(H2,21,22,23);1H. The number of allylic oxidation sites excluding steroid dienone is 2. The molecule has 0 saturated carbocycles. The zero-order valence-electron chi connectivity index (χ0n) is 16.0. The van der Waals surface area contributed by atoms with E-state index in [2.05, 4.69) is 57.2 Å². The topological polar surface area (TPSA) is 39.7 Å². The maximum absolute atomic E-state index is 4.43.